The van der Waals surface area contributed by atoms with Crippen LogP contribution in [0.3, 0.4) is 0 Å². The molecule has 6 nitrogen and oxygen atoms in total. The van der Waals surface area contributed by atoms with Crippen LogP contribution in [0, 0.1) is 42.4 Å². The molecule has 0 saturated carbocycles. The van der Waals surface area contributed by atoms with Gasteiger partial charge in [-0.1, -0.05) is 0 Å². The molecule has 6 heteroatoms. The standard InChI is InChI=1S/C16H23N5O/c1-13-8-14(2)21(19-13)12-16-11-20(6-7-22-16)10-15(9-18)4-3-5-17/h8,15-16H,3-4,6-7,10-12H2,1-2H3. The number of aryl methyl sites for hydroxylation is 2. The Morgan fingerprint density at radius 2 is 2.27 bits per heavy atom. The Hall–Kier alpha value is -1.89. The van der Waals surface area contributed by atoms with Gasteiger partial charge < -0.3 is 4.74 Å². The molecule has 1 aliphatic heterocycles. The molecule has 1 aromatic heterocycles. The van der Waals surface area contributed by atoms with Crippen LogP contribution < -0.4 is 0 Å². The Morgan fingerprint density at radius 3 is 2.91 bits per heavy atom. The molecule has 1 fully saturated rings. The van der Waals surface area contributed by atoms with Gasteiger partial charge in [0, 0.05) is 31.7 Å². The fourth-order valence-electron chi connectivity index (χ4n) is 2.86. The maximum absolute atomic E-state index is 9.19. The highest BCUT2D eigenvalue weighted by Gasteiger charge is 2.23. The van der Waals surface area contributed by atoms with Crippen LogP contribution >= 0.6 is 0 Å². The molecule has 1 saturated heterocycles. The summed E-state index contributed by atoms with van der Waals surface area (Å²) in [4.78, 5) is 2.27. The summed E-state index contributed by atoms with van der Waals surface area (Å²) in [6.45, 7) is 7.83. The first-order chi connectivity index (χ1) is 10.6. The van der Waals surface area contributed by atoms with Gasteiger partial charge in [0.2, 0.25) is 0 Å². The van der Waals surface area contributed by atoms with Gasteiger partial charge in [0.05, 0.1) is 43.0 Å². The van der Waals surface area contributed by atoms with E-state index >= 15 is 0 Å². The van der Waals surface area contributed by atoms with Crippen molar-refractivity contribution in [1.29, 1.82) is 10.5 Å². The van der Waals surface area contributed by atoms with Crippen LogP contribution in [-0.4, -0.2) is 47.0 Å². The maximum Gasteiger partial charge on any atom is 0.0898 e. The molecule has 0 aromatic carbocycles. The lowest BCUT2D eigenvalue weighted by atomic mass is 10.0. The molecule has 0 bridgehead atoms. The molecule has 0 aliphatic carbocycles. The van der Waals surface area contributed by atoms with E-state index in [1.165, 1.54) is 0 Å². The van der Waals surface area contributed by atoms with E-state index in [9.17, 15) is 5.26 Å². The minimum Gasteiger partial charge on any atom is -0.374 e. The summed E-state index contributed by atoms with van der Waals surface area (Å²) < 4.78 is 7.82. The Kier molecular flexibility index (Phi) is 5.94. The molecular weight excluding hydrogens is 278 g/mol. The topological polar surface area (TPSA) is 77.9 Å². The first-order valence-electron chi connectivity index (χ1n) is 7.74. The van der Waals surface area contributed by atoms with Gasteiger partial charge in [-0.15, -0.1) is 0 Å². The van der Waals surface area contributed by atoms with Crippen LogP contribution in [0.1, 0.15) is 24.2 Å². The predicted octanol–water partition coefficient (Wildman–Crippen LogP) is 1.64. The zero-order valence-electron chi connectivity index (χ0n) is 13.3. The van der Waals surface area contributed by atoms with Gasteiger partial charge in [0.25, 0.3) is 0 Å². The first-order valence-corrected chi connectivity index (χ1v) is 7.74. The average molecular weight is 301 g/mol. The van der Waals surface area contributed by atoms with Crippen molar-refractivity contribution in [1.82, 2.24) is 14.7 Å². The van der Waals surface area contributed by atoms with E-state index in [-0.39, 0.29) is 12.0 Å². The van der Waals surface area contributed by atoms with Crippen LogP contribution in [0.25, 0.3) is 0 Å². The van der Waals surface area contributed by atoms with Crippen molar-refractivity contribution in [3.63, 3.8) is 0 Å². The Labute approximate surface area is 131 Å². The van der Waals surface area contributed by atoms with Crippen LogP contribution in [0.5, 0.6) is 0 Å². The third kappa shape index (κ3) is 4.56. The normalized spacial score (nSPS) is 20.3. The average Bonchev–Trinajstić information content (AvgIpc) is 2.81. The number of morpholine rings is 1. The summed E-state index contributed by atoms with van der Waals surface area (Å²) in [5, 5.41) is 22.3. The Morgan fingerprint density at radius 1 is 1.45 bits per heavy atom. The second-order valence-corrected chi connectivity index (χ2v) is 5.88. The van der Waals surface area contributed by atoms with Crippen LogP contribution in [0.4, 0.5) is 0 Å². The number of nitriles is 2. The van der Waals surface area contributed by atoms with Gasteiger partial charge in [-0.2, -0.15) is 15.6 Å². The summed E-state index contributed by atoms with van der Waals surface area (Å²) in [7, 11) is 0. The number of nitrogens with zero attached hydrogens (tertiary/aromatic N) is 5. The zero-order valence-corrected chi connectivity index (χ0v) is 13.3. The molecule has 0 N–H and O–H groups in total. The smallest absolute Gasteiger partial charge is 0.0898 e. The summed E-state index contributed by atoms with van der Waals surface area (Å²) >= 11 is 0. The van der Waals surface area contributed by atoms with E-state index < -0.39 is 0 Å². The highest BCUT2D eigenvalue weighted by molar-refractivity contribution is 5.06. The molecule has 22 heavy (non-hydrogen) atoms. The predicted molar refractivity (Wildman–Crippen MR) is 81.8 cm³/mol. The third-order valence-electron chi connectivity index (χ3n) is 3.97. The minimum atomic E-state index is -0.0768. The van der Waals surface area contributed by atoms with E-state index in [0.29, 0.717) is 19.4 Å². The lowest BCUT2D eigenvalue weighted by molar-refractivity contribution is -0.0403. The van der Waals surface area contributed by atoms with Crippen molar-refractivity contribution < 1.29 is 4.74 Å². The molecule has 2 unspecified atom stereocenters. The molecule has 2 rings (SSSR count). The van der Waals surface area contributed by atoms with Crippen molar-refractivity contribution in [3.8, 4) is 12.1 Å². The number of hydrogen-bond donors (Lipinski definition) is 0. The van der Waals surface area contributed by atoms with E-state index in [2.05, 4.69) is 28.2 Å². The number of ether oxygens (including phenoxy) is 1. The van der Waals surface area contributed by atoms with Crippen molar-refractivity contribution >= 4 is 0 Å². The van der Waals surface area contributed by atoms with E-state index in [4.69, 9.17) is 10.00 Å². The molecular formula is C16H23N5O. The third-order valence-corrected chi connectivity index (χ3v) is 3.97. The number of hydrogen-bond acceptors (Lipinski definition) is 5. The van der Waals surface area contributed by atoms with Crippen molar-refractivity contribution in [2.75, 3.05) is 26.2 Å². The second kappa shape index (κ2) is 7.93. The number of rotatable bonds is 6. The molecule has 2 atom stereocenters. The summed E-state index contributed by atoms with van der Waals surface area (Å²) in [5.41, 5.74) is 2.16. The lowest BCUT2D eigenvalue weighted by Crippen LogP contribution is -2.46. The minimum absolute atomic E-state index is 0.0768. The maximum atomic E-state index is 9.19. The quantitative estimate of drug-likeness (QED) is 0.798. The van der Waals surface area contributed by atoms with Gasteiger partial charge in [-0.25, -0.2) is 0 Å². The van der Waals surface area contributed by atoms with Crippen LogP contribution in [-0.2, 0) is 11.3 Å². The van der Waals surface area contributed by atoms with Gasteiger partial charge in [-0.3, -0.25) is 9.58 Å². The lowest BCUT2D eigenvalue weighted by Gasteiger charge is -2.34. The van der Waals surface area contributed by atoms with Gasteiger partial charge in [-0.05, 0) is 26.3 Å². The molecule has 0 spiro atoms. The molecule has 0 radical (unpaired) electrons. The fraction of sp³-hybridized carbons (Fsp3) is 0.688. The fourth-order valence-corrected chi connectivity index (χ4v) is 2.86. The monoisotopic (exact) mass is 301 g/mol. The molecule has 118 valence electrons. The van der Waals surface area contributed by atoms with Crippen molar-refractivity contribution in [2.24, 2.45) is 5.92 Å². The Bertz CT molecular complexity index is 568. The highest BCUT2D eigenvalue weighted by Crippen LogP contribution is 2.14. The van der Waals surface area contributed by atoms with E-state index in [0.717, 1.165) is 37.6 Å². The van der Waals surface area contributed by atoms with Crippen LogP contribution in [0.2, 0.25) is 0 Å². The number of aromatic nitrogens is 2. The van der Waals surface area contributed by atoms with Gasteiger partial charge in [0.1, 0.15) is 0 Å². The highest BCUT2D eigenvalue weighted by atomic mass is 16.5. The van der Waals surface area contributed by atoms with Crippen molar-refractivity contribution in [2.45, 2.75) is 39.3 Å². The van der Waals surface area contributed by atoms with E-state index in [1.54, 1.807) is 0 Å². The zero-order chi connectivity index (χ0) is 15.9. The molecule has 1 aromatic rings. The first kappa shape index (κ1) is 16.5. The molecule has 0 amide bonds. The van der Waals surface area contributed by atoms with Crippen molar-refractivity contribution in [3.05, 3.63) is 17.5 Å². The second-order valence-electron chi connectivity index (χ2n) is 5.88. The molecule has 2 heterocycles. The van der Waals surface area contributed by atoms with Gasteiger partial charge in [0.15, 0.2) is 0 Å². The SMILES string of the molecule is Cc1cc(C)n(CC2CN(CC(C#N)CCC#N)CCO2)n1. The summed E-state index contributed by atoms with van der Waals surface area (Å²) in [5.74, 6) is -0.0768. The Balaban J connectivity index is 1.87. The largest absolute Gasteiger partial charge is 0.374 e. The summed E-state index contributed by atoms with van der Waals surface area (Å²) in [6.07, 6.45) is 1.19. The van der Waals surface area contributed by atoms with Crippen LogP contribution in [0.15, 0.2) is 6.07 Å². The summed E-state index contributed by atoms with van der Waals surface area (Å²) in [6, 6.07) is 6.49. The van der Waals surface area contributed by atoms with Gasteiger partial charge >= 0.3 is 0 Å². The molecule has 1 aliphatic rings. The van der Waals surface area contributed by atoms with E-state index in [1.807, 2.05) is 18.5 Å².